The van der Waals surface area contributed by atoms with Gasteiger partial charge in [-0.2, -0.15) is 13.2 Å². The zero-order chi connectivity index (χ0) is 23.2. The minimum atomic E-state index is -4.43. The van der Waals surface area contributed by atoms with E-state index in [0.717, 1.165) is 69.6 Å². The molecule has 0 aromatic carbocycles. The van der Waals surface area contributed by atoms with Crippen LogP contribution in [0.1, 0.15) is 38.2 Å². The summed E-state index contributed by atoms with van der Waals surface area (Å²) < 4.78 is 40.1. The lowest BCUT2D eigenvalue weighted by Crippen LogP contribution is -2.46. The van der Waals surface area contributed by atoms with E-state index in [2.05, 4.69) is 25.5 Å². The van der Waals surface area contributed by atoms with Gasteiger partial charge in [0.15, 0.2) is 5.82 Å². The molecule has 4 heterocycles. The van der Waals surface area contributed by atoms with Gasteiger partial charge in [-0.25, -0.2) is 15.0 Å². The second-order valence-corrected chi connectivity index (χ2v) is 9.18. The molecule has 0 atom stereocenters. The number of anilines is 2. The molecular formula is C23H26F3N7. The van der Waals surface area contributed by atoms with E-state index in [-0.39, 0.29) is 5.82 Å². The molecule has 0 bridgehead atoms. The fraction of sp³-hybridized carbons (Fsp3) is 0.478. The highest BCUT2D eigenvalue weighted by Gasteiger charge is 2.47. The molecule has 7 nitrogen and oxygen atoms in total. The lowest BCUT2D eigenvalue weighted by atomic mass is 10.1. The van der Waals surface area contributed by atoms with Gasteiger partial charge in [-0.1, -0.05) is 0 Å². The molecular weight excluding hydrogens is 431 g/mol. The molecule has 174 valence electrons. The third-order valence-corrected chi connectivity index (χ3v) is 6.22. The summed E-state index contributed by atoms with van der Waals surface area (Å²) in [5, 5.41) is 6.89. The SMILES string of the molecule is CC(C)(Nc1cc(-c2nc(N3CCNCC3)c3c(C4CC4)cncc3n2)ccn1)C(F)(F)F. The first kappa shape index (κ1) is 21.8. The largest absolute Gasteiger partial charge is 0.410 e. The van der Waals surface area contributed by atoms with Crippen molar-refractivity contribution in [3.63, 3.8) is 0 Å². The van der Waals surface area contributed by atoms with E-state index in [1.165, 1.54) is 11.8 Å². The Labute approximate surface area is 189 Å². The van der Waals surface area contributed by atoms with Gasteiger partial charge in [0, 0.05) is 49.5 Å². The molecule has 1 aliphatic carbocycles. The summed E-state index contributed by atoms with van der Waals surface area (Å²) in [7, 11) is 0. The van der Waals surface area contributed by atoms with Gasteiger partial charge in [-0.15, -0.1) is 0 Å². The van der Waals surface area contributed by atoms with Crippen molar-refractivity contribution in [2.75, 3.05) is 36.4 Å². The Balaban J connectivity index is 1.59. The highest BCUT2D eigenvalue weighted by molar-refractivity contribution is 5.94. The molecule has 5 rings (SSSR count). The highest BCUT2D eigenvalue weighted by atomic mass is 19.4. The van der Waals surface area contributed by atoms with E-state index in [4.69, 9.17) is 9.97 Å². The second-order valence-electron chi connectivity index (χ2n) is 9.18. The number of rotatable bonds is 5. The summed E-state index contributed by atoms with van der Waals surface area (Å²) in [5.41, 5.74) is 0.398. The molecule has 3 aromatic rings. The Morgan fingerprint density at radius 2 is 1.85 bits per heavy atom. The van der Waals surface area contributed by atoms with Crippen molar-refractivity contribution in [3.05, 3.63) is 36.3 Å². The van der Waals surface area contributed by atoms with Crippen LogP contribution in [-0.2, 0) is 0 Å². The van der Waals surface area contributed by atoms with Crippen molar-refractivity contribution >= 4 is 22.5 Å². The first-order chi connectivity index (χ1) is 15.7. The highest BCUT2D eigenvalue weighted by Crippen LogP contribution is 2.45. The number of piperazine rings is 1. The lowest BCUT2D eigenvalue weighted by molar-refractivity contribution is -0.168. The number of hydrogen-bond donors (Lipinski definition) is 2. The summed E-state index contributed by atoms with van der Waals surface area (Å²) in [5.74, 6) is 1.91. The number of hydrogen-bond acceptors (Lipinski definition) is 7. The summed E-state index contributed by atoms with van der Waals surface area (Å²) in [4.78, 5) is 20.5. The van der Waals surface area contributed by atoms with Crippen molar-refractivity contribution in [1.29, 1.82) is 0 Å². The maximum Gasteiger partial charge on any atom is 0.410 e. The van der Waals surface area contributed by atoms with Crippen molar-refractivity contribution < 1.29 is 13.2 Å². The molecule has 0 unspecified atom stereocenters. The number of nitrogens with zero attached hydrogens (tertiary/aromatic N) is 5. The number of fused-ring (bicyclic) bond motifs is 1. The van der Waals surface area contributed by atoms with Crippen LogP contribution in [0, 0.1) is 0 Å². The van der Waals surface area contributed by atoms with E-state index in [0.29, 0.717) is 17.3 Å². The predicted octanol–water partition coefficient (Wildman–Crippen LogP) is 4.13. The van der Waals surface area contributed by atoms with Crippen LogP contribution in [0.2, 0.25) is 0 Å². The Morgan fingerprint density at radius 3 is 2.55 bits per heavy atom. The smallest absolute Gasteiger partial charge is 0.357 e. The molecule has 1 saturated carbocycles. The molecule has 33 heavy (non-hydrogen) atoms. The zero-order valence-corrected chi connectivity index (χ0v) is 18.6. The number of pyridine rings is 2. The minimum absolute atomic E-state index is 0.118. The first-order valence-corrected chi connectivity index (χ1v) is 11.2. The van der Waals surface area contributed by atoms with Gasteiger partial charge in [0.05, 0.1) is 11.7 Å². The topological polar surface area (TPSA) is 78.9 Å². The average Bonchev–Trinajstić information content (AvgIpc) is 3.63. The fourth-order valence-electron chi connectivity index (χ4n) is 4.06. The van der Waals surface area contributed by atoms with Gasteiger partial charge in [-0.3, -0.25) is 4.98 Å². The standard InChI is InChI=1S/C23H26F3N7/c1-22(2,23(24,25)26)32-18-11-15(5-6-29-18)20-30-17-13-28-12-16(14-3-4-14)19(17)21(31-20)33-9-7-27-8-10-33/h5-6,11-14,27H,3-4,7-10H2,1-2H3,(H,29,32). The van der Waals surface area contributed by atoms with Crippen LogP contribution >= 0.6 is 0 Å². The predicted molar refractivity (Wildman–Crippen MR) is 121 cm³/mol. The number of alkyl halides is 3. The molecule has 2 N–H and O–H groups in total. The quantitative estimate of drug-likeness (QED) is 0.597. The third kappa shape index (κ3) is 4.31. The molecule has 1 aliphatic heterocycles. The number of halogens is 3. The van der Waals surface area contributed by atoms with Crippen molar-refractivity contribution in [1.82, 2.24) is 25.3 Å². The molecule has 0 radical (unpaired) electrons. The van der Waals surface area contributed by atoms with Crippen LogP contribution in [0.15, 0.2) is 30.7 Å². The number of aromatic nitrogens is 4. The zero-order valence-electron chi connectivity index (χ0n) is 18.6. The second kappa shape index (κ2) is 8.09. The summed E-state index contributed by atoms with van der Waals surface area (Å²) >= 11 is 0. The molecule has 10 heteroatoms. The van der Waals surface area contributed by atoms with Crippen LogP contribution in [0.5, 0.6) is 0 Å². The van der Waals surface area contributed by atoms with Crippen LogP contribution in [-0.4, -0.2) is 57.8 Å². The van der Waals surface area contributed by atoms with Crippen molar-refractivity contribution in [3.8, 4) is 11.4 Å². The van der Waals surface area contributed by atoms with Gasteiger partial charge in [0.1, 0.15) is 17.2 Å². The minimum Gasteiger partial charge on any atom is -0.357 e. The number of nitrogens with one attached hydrogen (secondary N) is 2. The average molecular weight is 458 g/mol. The van der Waals surface area contributed by atoms with Gasteiger partial charge in [0.2, 0.25) is 0 Å². The Hall–Kier alpha value is -3.01. The van der Waals surface area contributed by atoms with Gasteiger partial charge in [0.25, 0.3) is 0 Å². The van der Waals surface area contributed by atoms with Crippen LogP contribution in [0.25, 0.3) is 22.3 Å². The maximum atomic E-state index is 13.4. The van der Waals surface area contributed by atoms with E-state index in [1.807, 2.05) is 6.20 Å². The third-order valence-electron chi connectivity index (χ3n) is 6.22. The summed E-state index contributed by atoms with van der Waals surface area (Å²) in [6.07, 6.45) is 2.98. The summed E-state index contributed by atoms with van der Waals surface area (Å²) in [6.45, 7) is 5.53. The van der Waals surface area contributed by atoms with Gasteiger partial charge < -0.3 is 15.5 Å². The molecule has 2 aliphatic rings. The molecule has 0 amide bonds. The monoisotopic (exact) mass is 457 g/mol. The molecule has 2 fully saturated rings. The van der Waals surface area contributed by atoms with E-state index in [1.54, 1.807) is 18.3 Å². The normalized spacial score (nSPS) is 17.4. The molecule has 0 spiro atoms. The first-order valence-electron chi connectivity index (χ1n) is 11.2. The summed E-state index contributed by atoms with van der Waals surface area (Å²) in [6, 6.07) is 3.28. The fourth-order valence-corrected chi connectivity index (χ4v) is 4.06. The van der Waals surface area contributed by atoms with Crippen LogP contribution < -0.4 is 15.5 Å². The Morgan fingerprint density at radius 1 is 1.09 bits per heavy atom. The van der Waals surface area contributed by atoms with Crippen LogP contribution in [0.4, 0.5) is 24.8 Å². The van der Waals surface area contributed by atoms with E-state index >= 15 is 0 Å². The Kier molecular flexibility index (Phi) is 5.35. The van der Waals surface area contributed by atoms with Gasteiger partial charge >= 0.3 is 6.18 Å². The van der Waals surface area contributed by atoms with Crippen molar-refractivity contribution in [2.24, 2.45) is 0 Å². The maximum absolute atomic E-state index is 13.4. The van der Waals surface area contributed by atoms with Crippen molar-refractivity contribution in [2.45, 2.75) is 44.3 Å². The Bertz CT molecular complexity index is 1170. The molecule has 1 saturated heterocycles. The van der Waals surface area contributed by atoms with Crippen LogP contribution in [0.3, 0.4) is 0 Å². The molecule has 3 aromatic heterocycles. The van der Waals surface area contributed by atoms with E-state index < -0.39 is 11.7 Å². The van der Waals surface area contributed by atoms with E-state index in [9.17, 15) is 13.2 Å². The lowest BCUT2D eigenvalue weighted by Gasteiger charge is -2.30. The van der Waals surface area contributed by atoms with Gasteiger partial charge in [-0.05, 0) is 50.3 Å².